The molecule has 0 radical (unpaired) electrons. The number of piperazine rings is 3. The van der Waals surface area contributed by atoms with Crippen LogP contribution in [0.2, 0.25) is 5.02 Å². The molecule has 3 aliphatic heterocycles. The predicted octanol–water partition coefficient (Wildman–Crippen LogP) is 3.01. The molecule has 0 aliphatic carbocycles. The fraction of sp³-hybridized carbons (Fsp3) is 0.476. The number of nitrogens with zero attached hydrogens (tertiary/aromatic N) is 7. The van der Waals surface area contributed by atoms with Crippen LogP contribution in [0.15, 0.2) is 53.6 Å². The van der Waals surface area contributed by atoms with Crippen molar-refractivity contribution in [1.29, 1.82) is 0 Å². The highest BCUT2D eigenvalue weighted by Gasteiger charge is 2.38. The Morgan fingerprint density at radius 1 is 1.24 bits per heavy atom. The van der Waals surface area contributed by atoms with Gasteiger partial charge in [0, 0.05) is 30.4 Å². The number of anilines is 1. The Morgan fingerprint density at radius 3 is 2.55 bits per heavy atom. The highest BCUT2D eigenvalue weighted by Crippen LogP contribution is 2.31. The lowest BCUT2D eigenvalue weighted by atomic mass is 10.1. The number of aromatic nitrogens is 2. The van der Waals surface area contributed by atoms with Gasteiger partial charge in [0.25, 0.3) is 0 Å². The van der Waals surface area contributed by atoms with Gasteiger partial charge in [0.05, 0.1) is 64.2 Å². The number of benzene rings is 1. The molecule has 3 fully saturated rings. The molecule has 8 heteroatoms. The molecule has 154 valence electrons. The van der Waals surface area contributed by atoms with Crippen LogP contribution in [0.3, 0.4) is 0 Å². The maximum Gasteiger partial charge on any atom is 0.421 e. The van der Waals surface area contributed by atoms with Gasteiger partial charge in [-0.3, -0.25) is 4.90 Å². The van der Waals surface area contributed by atoms with E-state index in [0.717, 1.165) is 24.7 Å². The Labute approximate surface area is 177 Å². The molecule has 7 nitrogen and oxygen atoms in total. The van der Waals surface area contributed by atoms with Crippen LogP contribution < -0.4 is 9.47 Å². The van der Waals surface area contributed by atoms with E-state index >= 15 is 0 Å². The molecule has 29 heavy (non-hydrogen) atoms. The first kappa shape index (κ1) is 20.1. The van der Waals surface area contributed by atoms with Crippen molar-refractivity contribution in [2.75, 3.05) is 57.3 Å². The molecule has 5 rings (SSSR count). The number of hydrogen-bond donors (Lipinski definition) is 0. The number of imidazole rings is 1. The van der Waals surface area contributed by atoms with Gasteiger partial charge in [-0.05, 0) is 24.4 Å². The van der Waals surface area contributed by atoms with E-state index in [1.54, 1.807) is 0 Å². The molecule has 0 spiro atoms. The third kappa shape index (κ3) is 4.22. The Bertz CT molecular complexity index is 878. The second-order valence-corrected chi connectivity index (χ2v) is 8.52. The summed E-state index contributed by atoms with van der Waals surface area (Å²) < 4.78 is 5.06. The molecule has 0 amide bonds. The van der Waals surface area contributed by atoms with Crippen LogP contribution in [0.4, 0.5) is 17.3 Å². The van der Waals surface area contributed by atoms with Crippen molar-refractivity contribution < 1.29 is 9.05 Å². The van der Waals surface area contributed by atoms with Crippen LogP contribution in [-0.4, -0.2) is 66.3 Å². The van der Waals surface area contributed by atoms with Gasteiger partial charge in [-0.1, -0.05) is 23.3 Å². The predicted molar refractivity (Wildman–Crippen MR) is 116 cm³/mol. The van der Waals surface area contributed by atoms with Gasteiger partial charge in [0.2, 0.25) is 0 Å². The van der Waals surface area contributed by atoms with Crippen LogP contribution in [0.5, 0.6) is 0 Å². The smallest absolute Gasteiger partial charge is 0.343 e. The molecular weight excluding hydrogens is 386 g/mol. The summed E-state index contributed by atoms with van der Waals surface area (Å²) in [6, 6.07) is 5.92. The summed E-state index contributed by atoms with van der Waals surface area (Å²) in [6.07, 6.45) is 5.78. The molecule has 1 aromatic heterocycles. The van der Waals surface area contributed by atoms with Gasteiger partial charge < -0.3 is 9.38 Å². The van der Waals surface area contributed by atoms with E-state index in [0.29, 0.717) is 10.7 Å². The summed E-state index contributed by atoms with van der Waals surface area (Å²) in [7, 11) is 3.88. The summed E-state index contributed by atoms with van der Waals surface area (Å²) >= 11 is 6.52. The normalized spacial score (nSPS) is 23.6. The largest absolute Gasteiger partial charge is 0.421 e. The molecule has 0 N–H and O–H groups in total. The van der Waals surface area contributed by atoms with Crippen molar-refractivity contribution in [2.24, 2.45) is 24.3 Å². The van der Waals surface area contributed by atoms with Crippen LogP contribution >= 0.6 is 11.6 Å². The van der Waals surface area contributed by atoms with Crippen molar-refractivity contribution in [2.45, 2.75) is 0 Å². The fourth-order valence-electron chi connectivity index (χ4n) is 4.29. The zero-order chi connectivity index (χ0) is 20.4. The average molecular weight is 416 g/mol. The summed E-state index contributed by atoms with van der Waals surface area (Å²) in [5.41, 5.74) is 1.71. The summed E-state index contributed by atoms with van der Waals surface area (Å²) in [4.78, 5) is 4.77. The van der Waals surface area contributed by atoms with Crippen LogP contribution in [-0.2, 0) is 14.1 Å². The lowest BCUT2D eigenvalue weighted by Crippen LogP contribution is -2.68. The first-order chi connectivity index (χ1) is 14.0. The number of rotatable bonds is 7. The van der Waals surface area contributed by atoms with Gasteiger partial charge in [0.15, 0.2) is 0 Å². The Kier molecular flexibility index (Phi) is 5.72. The quantitative estimate of drug-likeness (QED) is 0.396. The minimum Gasteiger partial charge on any atom is -0.343 e. The van der Waals surface area contributed by atoms with Gasteiger partial charge in [-0.2, -0.15) is 0 Å². The van der Waals surface area contributed by atoms with E-state index in [1.165, 1.54) is 43.8 Å². The number of halogens is 1. The number of quaternary nitrogens is 1. The first-order valence-corrected chi connectivity index (χ1v) is 10.6. The van der Waals surface area contributed by atoms with E-state index in [9.17, 15) is 0 Å². The van der Waals surface area contributed by atoms with Crippen molar-refractivity contribution >= 4 is 28.9 Å². The molecule has 4 heterocycles. The molecule has 3 saturated heterocycles. The van der Waals surface area contributed by atoms with Crippen LogP contribution in [0, 0.1) is 0 Å². The summed E-state index contributed by atoms with van der Waals surface area (Å²) in [6.45, 7) is 13.6. The van der Waals surface area contributed by atoms with Gasteiger partial charge in [0.1, 0.15) is 5.69 Å². The second kappa shape index (κ2) is 8.26. The lowest BCUT2D eigenvalue weighted by molar-refractivity contribution is -0.939. The first-order valence-electron chi connectivity index (χ1n) is 10.2. The topological polar surface area (TPSA) is 40.0 Å². The van der Waals surface area contributed by atoms with Crippen molar-refractivity contribution in [3.8, 4) is 0 Å². The molecule has 0 saturated carbocycles. The minimum atomic E-state index is 0.591. The summed E-state index contributed by atoms with van der Waals surface area (Å²) in [5.74, 6) is 0.758. The van der Waals surface area contributed by atoms with E-state index < -0.39 is 0 Å². The van der Waals surface area contributed by atoms with E-state index in [-0.39, 0.29) is 0 Å². The molecule has 0 unspecified atom stereocenters. The lowest BCUT2D eigenvalue weighted by Gasteiger charge is -2.51. The van der Waals surface area contributed by atoms with Gasteiger partial charge >= 0.3 is 5.95 Å². The maximum atomic E-state index is 6.52. The van der Waals surface area contributed by atoms with E-state index in [2.05, 4.69) is 26.6 Å². The molecule has 1 aromatic carbocycles. The number of fused-ring (bicyclic) bond motifs is 3. The van der Waals surface area contributed by atoms with Crippen LogP contribution in [0.25, 0.3) is 0 Å². The average Bonchev–Trinajstić information content (AvgIpc) is 3.06. The third-order valence-corrected chi connectivity index (χ3v) is 6.66. The zero-order valence-corrected chi connectivity index (χ0v) is 18.1. The molecular formula is C21H30ClN7+2. The highest BCUT2D eigenvalue weighted by atomic mass is 35.5. The monoisotopic (exact) mass is 415 g/mol. The standard InChI is InChI=1S/C21H30ClN7/c1-4-28(12-16-29-13-9-27(10-14-29)11-15-29)18-5-6-20(19(22)17-18)23-24-21-25(2)7-8-26(21)3/h4-8,17H,1,9-16H2,2-3H3/q+2. The van der Waals surface area contributed by atoms with Crippen molar-refractivity contribution in [3.63, 3.8) is 0 Å². The molecule has 2 aromatic rings. The minimum absolute atomic E-state index is 0.591. The molecule has 2 bridgehead atoms. The number of hydrogen-bond acceptors (Lipinski definition) is 4. The Balaban J connectivity index is 1.45. The highest BCUT2D eigenvalue weighted by molar-refractivity contribution is 6.33. The van der Waals surface area contributed by atoms with Crippen molar-refractivity contribution in [1.82, 2.24) is 9.47 Å². The number of aryl methyl sites for hydroxylation is 2. The SMILES string of the molecule is C=CN(CC[N+]12CCN(CC1)CC2)c1ccc(N=Nc2n(C)cc[n+]2C)c(Cl)c1. The van der Waals surface area contributed by atoms with Crippen LogP contribution in [0.1, 0.15) is 0 Å². The van der Waals surface area contributed by atoms with Gasteiger partial charge in [-0.15, -0.1) is 0 Å². The van der Waals surface area contributed by atoms with Gasteiger partial charge in [-0.25, -0.2) is 9.13 Å². The Morgan fingerprint density at radius 2 is 1.97 bits per heavy atom. The second-order valence-electron chi connectivity index (χ2n) is 8.11. The zero-order valence-electron chi connectivity index (χ0n) is 17.3. The Hall–Kier alpha value is -2.22. The molecule has 3 aliphatic rings. The third-order valence-electron chi connectivity index (χ3n) is 6.36. The number of azo groups is 1. The maximum absolute atomic E-state index is 6.52. The fourth-order valence-corrected chi connectivity index (χ4v) is 4.50. The van der Waals surface area contributed by atoms with Crippen molar-refractivity contribution in [3.05, 3.63) is 48.4 Å². The summed E-state index contributed by atoms with van der Waals surface area (Å²) in [5, 5.41) is 9.28. The van der Waals surface area contributed by atoms with E-state index in [4.69, 9.17) is 11.6 Å². The molecule has 0 atom stereocenters. The van der Waals surface area contributed by atoms with E-state index in [1.807, 2.05) is 60.0 Å².